The van der Waals surface area contributed by atoms with Crippen molar-refractivity contribution in [2.75, 3.05) is 19.6 Å². The molecule has 2 unspecified atom stereocenters. The average Bonchev–Trinajstić information content (AvgIpc) is 3.81. The van der Waals surface area contributed by atoms with Crippen molar-refractivity contribution in [1.29, 1.82) is 4.78 Å². The van der Waals surface area contributed by atoms with Gasteiger partial charge in [-0.2, -0.15) is 4.36 Å². The zero-order valence-corrected chi connectivity index (χ0v) is 40.1. The summed E-state index contributed by atoms with van der Waals surface area (Å²) in [5.74, 6) is -5.34. The summed E-state index contributed by atoms with van der Waals surface area (Å²) in [5.41, 5.74) is -1.56. The Morgan fingerprint density at radius 2 is 1.05 bits per heavy atom. The normalized spacial score (nSPS) is 16.0. The minimum absolute atomic E-state index is 0. The van der Waals surface area contributed by atoms with Crippen LogP contribution in [-0.2, 0) is 40.6 Å². The minimum Gasteiger partial charge on any atom is -0.389 e. The van der Waals surface area contributed by atoms with E-state index in [1.165, 1.54) is 56.0 Å². The van der Waals surface area contributed by atoms with E-state index in [0.717, 1.165) is 24.3 Å². The third kappa shape index (κ3) is 17.4. The maximum absolute atomic E-state index is 14.1. The van der Waals surface area contributed by atoms with E-state index in [4.69, 9.17) is 49.3 Å². The van der Waals surface area contributed by atoms with Gasteiger partial charge < -0.3 is 14.6 Å². The second kappa shape index (κ2) is 24.9. The minimum atomic E-state index is -3.61. The number of oxime groups is 2. The molecule has 0 aliphatic carbocycles. The molecule has 1 N–H and O–H groups in total. The maximum atomic E-state index is 14.1. The SMILES string of the molecule is C.CC1(C)CC(S(=N)(=O)Cc2c(F)cccc2F)=NO1.CC1(C)CC(S(=O)(Cc2c(F)cccc2F)=NC(=O)c2ccc(Cl)cc2)=NO1.CCN(CC)CC.O=C(Cl)c1ccc(Cl)cc1. The van der Waals surface area contributed by atoms with Gasteiger partial charge in [0.15, 0.2) is 10.1 Å². The number of carbonyl (C=O) groups excluding carboxylic acids is 2. The van der Waals surface area contributed by atoms with Crippen molar-refractivity contribution in [3.63, 3.8) is 0 Å². The van der Waals surface area contributed by atoms with Gasteiger partial charge in [0.2, 0.25) is 0 Å². The van der Waals surface area contributed by atoms with Crippen LogP contribution in [0.1, 0.15) is 101 Å². The summed E-state index contributed by atoms with van der Waals surface area (Å²) in [6, 6.07) is 18.9. The van der Waals surface area contributed by atoms with Crippen molar-refractivity contribution in [3.05, 3.63) is 140 Å². The molecule has 11 nitrogen and oxygen atoms in total. The average molecular weight is 1010 g/mol. The Morgan fingerprint density at radius 1 is 0.677 bits per heavy atom. The van der Waals surface area contributed by atoms with Crippen LogP contribution in [0.4, 0.5) is 17.6 Å². The van der Waals surface area contributed by atoms with Crippen LogP contribution >= 0.6 is 34.8 Å². The number of halogens is 7. The van der Waals surface area contributed by atoms with Crippen molar-refractivity contribution < 1.29 is 45.2 Å². The Balaban J connectivity index is 0.000000337. The van der Waals surface area contributed by atoms with Gasteiger partial charge in [-0.05, 0) is 132 Å². The molecule has 0 aromatic heterocycles. The van der Waals surface area contributed by atoms with Gasteiger partial charge in [0, 0.05) is 45.1 Å². The van der Waals surface area contributed by atoms with Crippen molar-refractivity contribution in [1.82, 2.24) is 4.90 Å². The number of nitrogens with one attached hydrogen (secondary N) is 1. The first-order valence-electron chi connectivity index (χ1n) is 19.7. The smallest absolute Gasteiger partial charge is 0.285 e. The van der Waals surface area contributed by atoms with Crippen molar-refractivity contribution in [2.45, 2.75) is 91.4 Å². The van der Waals surface area contributed by atoms with E-state index < -0.39 is 82.1 Å². The van der Waals surface area contributed by atoms with Gasteiger partial charge in [-0.25, -0.2) is 30.8 Å². The van der Waals surface area contributed by atoms with Crippen LogP contribution in [0, 0.1) is 28.0 Å². The molecule has 0 fully saturated rings. The predicted molar refractivity (Wildman–Crippen MR) is 254 cm³/mol. The Bertz CT molecular complexity index is 2520. The van der Waals surface area contributed by atoms with E-state index in [0.29, 0.717) is 15.6 Å². The lowest BCUT2D eigenvalue weighted by Gasteiger charge is -2.14. The predicted octanol–water partition coefficient (Wildman–Crippen LogP) is 12.7. The van der Waals surface area contributed by atoms with Gasteiger partial charge in [0.25, 0.3) is 11.1 Å². The van der Waals surface area contributed by atoms with Gasteiger partial charge >= 0.3 is 0 Å². The highest BCUT2D eigenvalue weighted by Gasteiger charge is 2.37. The number of nitrogens with zero attached hydrogens (tertiary/aromatic N) is 4. The van der Waals surface area contributed by atoms with Crippen LogP contribution < -0.4 is 0 Å². The first-order valence-corrected chi connectivity index (χ1v) is 24.2. The summed E-state index contributed by atoms with van der Waals surface area (Å²) < 4.78 is 92.9. The second-order valence-corrected chi connectivity index (χ2v) is 20.9. The van der Waals surface area contributed by atoms with Crippen LogP contribution in [0.15, 0.2) is 99.6 Å². The number of benzene rings is 4. The molecule has 1 amide bonds. The summed E-state index contributed by atoms with van der Waals surface area (Å²) >= 11 is 16.5. The molecule has 20 heteroatoms. The van der Waals surface area contributed by atoms with E-state index in [9.17, 15) is 35.6 Å². The topological polar surface area (TPSA) is 151 Å². The largest absolute Gasteiger partial charge is 0.389 e. The standard InChI is InChI=1S/C19H17ClF2N2O3S.C12H14F2N2O2S.C7H4Cl2O.C6H15N.CH4/c1-19(2)10-17(23-27-19)28(26,11-14-15(21)4-3-5-16(14)22)24-18(25)12-6-8-13(20)9-7-12;1-12(2)6-11(16-18-12)19(15,17)7-8-9(13)4-3-5-10(8)14;8-6-3-1-5(2-4-6)7(9)10;1-4-7(5-2)6-3;/h3-9H,10-11H2,1-2H3;3-5,15H,6-7H2,1-2H3;1-4H;4-6H2,1-3H3;1H4. The highest BCUT2D eigenvalue weighted by Crippen LogP contribution is 2.30. The molecule has 65 heavy (non-hydrogen) atoms. The van der Waals surface area contributed by atoms with Gasteiger partial charge in [-0.15, -0.1) is 0 Å². The van der Waals surface area contributed by atoms with Crippen LogP contribution in [0.5, 0.6) is 0 Å². The first kappa shape index (κ1) is 56.7. The molecule has 356 valence electrons. The first-order chi connectivity index (χ1) is 29.9. The highest BCUT2D eigenvalue weighted by atomic mass is 35.5. The summed E-state index contributed by atoms with van der Waals surface area (Å²) in [4.78, 5) is 35.7. The number of rotatable bonds is 9. The molecule has 0 spiro atoms. The fourth-order valence-corrected chi connectivity index (χ4v) is 9.65. The molecule has 0 saturated carbocycles. The maximum Gasteiger partial charge on any atom is 0.285 e. The zero-order chi connectivity index (χ0) is 48.0. The Morgan fingerprint density at radius 3 is 1.38 bits per heavy atom. The molecule has 2 aliphatic rings. The van der Waals surface area contributed by atoms with E-state index in [1.807, 2.05) is 0 Å². The Hall–Kier alpha value is -4.39. The van der Waals surface area contributed by atoms with Crippen LogP contribution in [0.25, 0.3) is 0 Å². The fourth-order valence-electron chi connectivity index (χ4n) is 5.58. The Kier molecular flexibility index (Phi) is 21.8. The van der Waals surface area contributed by atoms with Crippen molar-refractivity contribution in [3.8, 4) is 0 Å². The molecule has 2 atom stereocenters. The van der Waals surface area contributed by atoms with E-state index in [1.54, 1.807) is 52.0 Å². The quantitative estimate of drug-likeness (QED) is 0.129. The third-order valence-corrected chi connectivity index (χ3v) is 13.7. The van der Waals surface area contributed by atoms with E-state index >= 15 is 0 Å². The monoisotopic (exact) mass is 1010 g/mol. The molecule has 0 bridgehead atoms. The number of amides is 1. The van der Waals surface area contributed by atoms with Crippen molar-refractivity contribution in [2.24, 2.45) is 14.7 Å². The Labute approximate surface area is 394 Å². The number of hydrogen-bond acceptors (Lipinski definition) is 10. The van der Waals surface area contributed by atoms with Gasteiger partial charge in [-0.1, -0.05) is 73.8 Å². The molecule has 2 aliphatic heterocycles. The summed E-state index contributed by atoms with van der Waals surface area (Å²) in [6.45, 7) is 17.0. The van der Waals surface area contributed by atoms with Gasteiger partial charge in [0.1, 0.15) is 44.2 Å². The van der Waals surface area contributed by atoms with Crippen LogP contribution in [-0.4, -0.2) is 65.4 Å². The van der Waals surface area contributed by atoms with E-state index in [2.05, 4.69) is 40.3 Å². The van der Waals surface area contributed by atoms with Crippen LogP contribution in [0.3, 0.4) is 0 Å². The molecule has 2 heterocycles. The van der Waals surface area contributed by atoms with Crippen LogP contribution in [0.2, 0.25) is 10.0 Å². The lowest BCUT2D eigenvalue weighted by atomic mass is 10.1. The molecule has 4 aromatic rings. The molecular formula is C45H54Cl3F4N5O6S2. The molecule has 0 saturated heterocycles. The van der Waals surface area contributed by atoms with Gasteiger partial charge in [0.05, 0.1) is 21.2 Å². The fraction of sp³-hybridized carbons (Fsp3) is 0.378. The molecule has 4 aromatic carbocycles. The number of carbonyl (C=O) groups is 2. The lowest BCUT2D eigenvalue weighted by molar-refractivity contribution is 0.0120. The second-order valence-electron chi connectivity index (χ2n) is 15.3. The summed E-state index contributed by atoms with van der Waals surface area (Å²) in [6.07, 6.45) is 0.324. The summed E-state index contributed by atoms with van der Waals surface area (Å²) in [7, 11) is -6.99. The van der Waals surface area contributed by atoms with E-state index in [-0.39, 0.29) is 41.5 Å². The molecular weight excluding hydrogens is 953 g/mol. The molecule has 6 rings (SSSR count). The molecule has 0 radical (unpaired) electrons. The number of hydrogen-bond donors (Lipinski definition) is 1. The zero-order valence-electron chi connectivity index (χ0n) is 36.2. The lowest BCUT2D eigenvalue weighted by Crippen LogP contribution is -2.24. The summed E-state index contributed by atoms with van der Waals surface area (Å²) in [5, 5.41) is 8.02. The van der Waals surface area contributed by atoms with Crippen molar-refractivity contribution >= 4 is 75.5 Å². The van der Waals surface area contributed by atoms with Gasteiger partial charge in [-0.3, -0.25) is 9.59 Å². The highest BCUT2D eigenvalue weighted by molar-refractivity contribution is 8.08. The third-order valence-electron chi connectivity index (χ3n) is 9.24.